The maximum Gasteiger partial charge on any atom is 0.325 e. The average Bonchev–Trinajstić information content (AvgIpc) is 3.27. The first-order valence-corrected chi connectivity index (χ1v) is 10.8. The predicted molar refractivity (Wildman–Crippen MR) is 124 cm³/mol. The number of nitrogens with one attached hydrogen (secondary N) is 3. The molecule has 3 amide bonds. The topological polar surface area (TPSA) is 109 Å². The van der Waals surface area contributed by atoms with Crippen molar-refractivity contribution in [2.24, 2.45) is 0 Å². The van der Waals surface area contributed by atoms with Crippen molar-refractivity contribution in [1.29, 1.82) is 0 Å². The van der Waals surface area contributed by atoms with Crippen LogP contribution in [0, 0.1) is 6.92 Å². The molecule has 166 valence electrons. The van der Waals surface area contributed by atoms with Gasteiger partial charge in [0.05, 0.1) is 12.8 Å². The lowest BCUT2D eigenvalue weighted by molar-refractivity contribution is -0.139. The van der Waals surface area contributed by atoms with Gasteiger partial charge in [0.25, 0.3) is 5.91 Å². The first-order valence-electron chi connectivity index (χ1n) is 9.96. The van der Waals surface area contributed by atoms with Gasteiger partial charge in [0.1, 0.15) is 11.6 Å². The number of ether oxygens (including phenoxy) is 1. The van der Waals surface area contributed by atoms with Crippen LogP contribution in [0.15, 0.2) is 53.9 Å². The number of urea groups is 1. The number of benzene rings is 2. The highest BCUT2D eigenvalue weighted by molar-refractivity contribution is 7.13. The van der Waals surface area contributed by atoms with E-state index in [-0.39, 0.29) is 12.6 Å². The number of anilines is 1. The van der Waals surface area contributed by atoms with Crippen molar-refractivity contribution >= 4 is 34.9 Å². The third-order valence-electron chi connectivity index (χ3n) is 4.54. The molecule has 8 nitrogen and oxygen atoms in total. The van der Waals surface area contributed by atoms with E-state index in [0.717, 1.165) is 16.3 Å². The first-order chi connectivity index (χ1) is 15.4. The van der Waals surface area contributed by atoms with Gasteiger partial charge in [0, 0.05) is 35.2 Å². The van der Waals surface area contributed by atoms with E-state index in [1.807, 2.05) is 12.3 Å². The third-order valence-corrected chi connectivity index (χ3v) is 5.48. The number of nitrogens with zero attached hydrogens (tertiary/aromatic N) is 1. The molecule has 32 heavy (non-hydrogen) atoms. The molecule has 0 saturated heterocycles. The van der Waals surface area contributed by atoms with E-state index in [1.54, 1.807) is 35.6 Å². The molecular weight excluding hydrogens is 428 g/mol. The Balaban J connectivity index is 1.43. The van der Waals surface area contributed by atoms with E-state index in [2.05, 4.69) is 49.9 Å². The number of amides is 3. The van der Waals surface area contributed by atoms with E-state index in [9.17, 15) is 14.4 Å². The summed E-state index contributed by atoms with van der Waals surface area (Å²) in [5, 5.41) is 10.9. The van der Waals surface area contributed by atoms with Crippen LogP contribution >= 0.6 is 11.3 Å². The summed E-state index contributed by atoms with van der Waals surface area (Å²) in [5.41, 5.74) is 4.13. The lowest BCUT2D eigenvalue weighted by atomic mass is 10.2. The molecule has 3 rings (SSSR count). The van der Waals surface area contributed by atoms with Crippen molar-refractivity contribution in [3.8, 4) is 10.6 Å². The van der Waals surface area contributed by atoms with Gasteiger partial charge in [-0.15, -0.1) is 11.3 Å². The van der Waals surface area contributed by atoms with Gasteiger partial charge in [-0.3, -0.25) is 9.59 Å². The number of thiazole rings is 1. The maximum absolute atomic E-state index is 12.1. The average molecular weight is 453 g/mol. The number of esters is 1. The van der Waals surface area contributed by atoms with Crippen molar-refractivity contribution in [3.63, 3.8) is 0 Å². The van der Waals surface area contributed by atoms with Gasteiger partial charge in [-0.05, 0) is 31.2 Å². The van der Waals surface area contributed by atoms with Crippen LogP contribution in [0.1, 0.15) is 21.6 Å². The Labute approximate surface area is 190 Å². The van der Waals surface area contributed by atoms with Gasteiger partial charge in [0.15, 0.2) is 0 Å². The molecule has 0 bridgehead atoms. The molecule has 0 aliphatic rings. The van der Waals surface area contributed by atoms with Gasteiger partial charge in [0.2, 0.25) is 0 Å². The van der Waals surface area contributed by atoms with Gasteiger partial charge < -0.3 is 20.7 Å². The largest absolute Gasteiger partial charge is 0.468 e. The lowest BCUT2D eigenvalue weighted by Crippen LogP contribution is -2.31. The fourth-order valence-corrected chi connectivity index (χ4v) is 3.62. The van der Waals surface area contributed by atoms with Crippen LogP contribution in [0.5, 0.6) is 0 Å². The minimum absolute atomic E-state index is 0.205. The normalized spacial score (nSPS) is 10.3. The number of hydrogen-bond acceptors (Lipinski definition) is 6. The van der Waals surface area contributed by atoms with Crippen LogP contribution < -0.4 is 16.0 Å². The quantitative estimate of drug-likeness (QED) is 0.454. The number of carbonyl (C=O) groups is 3. The zero-order valence-corrected chi connectivity index (χ0v) is 18.6. The zero-order chi connectivity index (χ0) is 22.9. The predicted octanol–water partition coefficient (Wildman–Crippen LogP) is 3.39. The van der Waals surface area contributed by atoms with Crippen LogP contribution in [-0.2, 0) is 16.0 Å². The molecule has 1 aromatic heterocycles. The van der Waals surface area contributed by atoms with Crippen LogP contribution in [0.25, 0.3) is 10.6 Å². The summed E-state index contributed by atoms with van der Waals surface area (Å²) >= 11 is 1.58. The SMILES string of the molecule is COC(=O)CNC(=O)c1ccc(NC(=O)NCCc2csc(-c3ccc(C)cc3)n2)cc1. The maximum atomic E-state index is 12.1. The molecule has 0 unspecified atom stereocenters. The molecule has 3 N–H and O–H groups in total. The second kappa shape index (κ2) is 11.1. The minimum Gasteiger partial charge on any atom is -0.468 e. The molecular formula is C23H24N4O4S. The molecule has 0 saturated carbocycles. The monoisotopic (exact) mass is 452 g/mol. The van der Waals surface area contributed by atoms with Crippen molar-refractivity contribution in [2.45, 2.75) is 13.3 Å². The second-order valence-corrected chi connectivity index (χ2v) is 7.84. The third kappa shape index (κ3) is 6.64. The van der Waals surface area contributed by atoms with Crippen LogP contribution in [0.3, 0.4) is 0 Å². The van der Waals surface area contributed by atoms with E-state index in [0.29, 0.717) is 24.2 Å². The standard InChI is InChI=1S/C23H24N4O4S/c1-15-3-5-17(6-4-15)22-26-19(14-32-22)11-12-24-23(30)27-18-9-7-16(8-10-18)21(29)25-13-20(28)31-2/h3-10,14H,11-13H2,1-2H3,(H,25,29)(H2,24,27,30). The highest BCUT2D eigenvalue weighted by Crippen LogP contribution is 2.24. The highest BCUT2D eigenvalue weighted by Gasteiger charge is 2.09. The summed E-state index contributed by atoms with van der Waals surface area (Å²) in [6, 6.07) is 14.2. The number of aryl methyl sites for hydroxylation is 1. The van der Waals surface area contributed by atoms with Gasteiger partial charge in [-0.25, -0.2) is 9.78 Å². The van der Waals surface area contributed by atoms with E-state index in [4.69, 9.17) is 0 Å². The van der Waals surface area contributed by atoms with Crippen LogP contribution in [-0.4, -0.2) is 43.1 Å². The Morgan fingerprint density at radius 3 is 2.41 bits per heavy atom. The summed E-state index contributed by atoms with van der Waals surface area (Å²) < 4.78 is 4.47. The molecule has 0 radical (unpaired) electrons. The van der Waals surface area contributed by atoms with Crippen molar-refractivity contribution < 1.29 is 19.1 Å². The fourth-order valence-electron chi connectivity index (χ4n) is 2.76. The summed E-state index contributed by atoms with van der Waals surface area (Å²) in [4.78, 5) is 39.8. The number of aromatic nitrogens is 1. The molecule has 9 heteroatoms. The summed E-state index contributed by atoms with van der Waals surface area (Å²) in [6.45, 7) is 2.28. The van der Waals surface area contributed by atoms with Gasteiger partial charge in [-0.2, -0.15) is 0 Å². The van der Waals surface area contributed by atoms with E-state index in [1.165, 1.54) is 12.7 Å². The Bertz CT molecular complexity index is 1080. The summed E-state index contributed by atoms with van der Waals surface area (Å²) in [7, 11) is 1.25. The molecule has 0 spiro atoms. The number of carbonyl (C=O) groups excluding carboxylic acids is 3. The van der Waals surface area contributed by atoms with Crippen LogP contribution in [0.2, 0.25) is 0 Å². The lowest BCUT2D eigenvalue weighted by Gasteiger charge is -2.08. The first kappa shape index (κ1) is 23.0. The van der Waals surface area contributed by atoms with Gasteiger partial charge in [-0.1, -0.05) is 29.8 Å². The molecule has 0 fully saturated rings. The second-order valence-electron chi connectivity index (χ2n) is 6.98. The Morgan fingerprint density at radius 2 is 1.72 bits per heavy atom. The van der Waals surface area contributed by atoms with Crippen molar-refractivity contribution in [2.75, 3.05) is 25.5 Å². The minimum atomic E-state index is -0.530. The fraction of sp³-hybridized carbons (Fsp3) is 0.217. The van der Waals surface area contributed by atoms with E-state index >= 15 is 0 Å². The molecule has 3 aromatic rings. The van der Waals surface area contributed by atoms with Crippen molar-refractivity contribution in [1.82, 2.24) is 15.6 Å². The Kier molecular flexibility index (Phi) is 7.93. The van der Waals surface area contributed by atoms with Crippen molar-refractivity contribution in [3.05, 3.63) is 70.7 Å². The Hall–Kier alpha value is -3.72. The smallest absolute Gasteiger partial charge is 0.325 e. The van der Waals surface area contributed by atoms with Crippen LogP contribution in [0.4, 0.5) is 10.5 Å². The number of methoxy groups -OCH3 is 1. The zero-order valence-electron chi connectivity index (χ0n) is 17.8. The molecule has 2 aromatic carbocycles. The number of hydrogen-bond donors (Lipinski definition) is 3. The van der Waals surface area contributed by atoms with E-state index < -0.39 is 11.9 Å². The molecule has 0 aliphatic heterocycles. The summed E-state index contributed by atoms with van der Waals surface area (Å²) in [5.74, 6) is -0.933. The molecule has 0 aliphatic carbocycles. The number of rotatable bonds is 8. The highest BCUT2D eigenvalue weighted by atomic mass is 32.1. The Morgan fingerprint density at radius 1 is 1.00 bits per heavy atom. The molecule has 0 atom stereocenters. The van der Waals surface area contributed by atoms with Gasteiger partial charge >= 0.3 is 12.0 Å². The molecule has 1 heterocycles. The summed E-state index contributed by atoms with van der Waals surface area (Å²) in [6.07, 6.45) is 0.620.